The standard InChI is InChI=1S/C14H20N2O5S/c1-4-21-14(18)15-8-7-13(17)16-22(19,20)12-9-10(2)5-6-11(12)3/h5-6,9H,4,7-8H2,1-3H3,(H,15,18)(H,16,17). The third-order valence-corrected chi connectivity index (χ3v) is 4.29. The van der Waals surface area contributed by atoms with E-state index in [4.69, 9.17) is 0 Å². The van der Waals surface area contributed by atoms with Crippen LogP contribution in [0.2, 0.25) is 0 Å². The largest absolute Gasteiger partial charge is 0.450 e. The zero-order chi connectivity index (χ0) is 16.8. The number of carbonyl (C=O) groups is 2. The third kappa shape index (κ3) is 5.36. The monoisotopic (exact) mass is 328 g/mol. The molecule has 0 saturated carbocycles. The van der Waals surface area contributed by atoms with Gasteiger partial charge in [0.05, 0.1) is 11.5 Å². The van der Waals surface area contributed by atoms with E-state index >= 15 is 0 Å². The Morgan fingerprint density at radius 1 is 1.23 bits per heavy atom. The van der Waals surface area contributed by atoms with Crippen LogP contribution in [0.1, 0.15) is 24.5 Å². The number of rotatable bonds is 6. The average molecular weight is 328 g/mol. The number of alkyl carbamates (subject to hydrolysis) is 1. The van der Waals surface area contributed by atoms with Crippen molar-refractivity contribution in [2.24, 2.45) is 0 Å². The number of carbonyl (C=O) groups excluding carboxylic acids is 2. The molecule has 0 fully saturated rings. The van der Waals surface area contributed by atoms with Crippen LogP contribution >= 0.6 is 0 Å². The van der Waals surface area contributed by atoms with E-state index < -0.39 is 22.0 Å². The van der Waals surface area contributed by atoms with Gasteiger partial charge in [0.2, 0.25) is 5.91 Å². The summed E-state index contributed by atoms with van der Waals surface area (Å²) in [5, 5.41) is 2.34. The summed E-state index contributed by atoms with van der Waals surface area (Å²) in [6, 6.07) is 4.97. The van der Waals surface area contributed by atoms with Gasteiger partial charge in [-0.25, -0.2) is 17.9 Å². The molecule has 1 aromatic rings. The highest BCUT2D eigenvalue weighted by molar-refractivity contribution is 7.90. The van der Waals surface area contributed by atoms with Crippen LogP contribution < -0.4 is 10.0 Å². The Balaban J connectivity index is 2.63. The van der Waals surface area contributed by atoms with Crippen LogP contribution in [0.25, 0.3) is 0 Å². The quantitative estimate of drug-likeness (QED) is 0.818. The van der Waals surface area contributed by atoms with Crippen molar-refractivity contribution in [1.82, 2.24) is 10.0 Å². The molecule has 22 heavy (non-hydrogen) atoms. The second-order valence-corrected chi connectivity index (χ2v) is 6.35. The molecule has 0 aliphatic carbocycles. The Labute approximate surface area is 130 Å². The van der Waals surface area contributed by atoms with Gasteiger partial charge in [0.25, 0.3) is 10.0 Å². The van der Waals surface area contributed by atoms with Crippen LogP contribution in [-0.4, -0.2) is 33.6 Å². The molecule has 8 heteroatoms. The molecule has 0 saturated heterocycles. The van der Waals surface area contributed by atoms with Crippen molar-refractivity contribution in [3.8, 4) is 0 Å². The first-order valence-electron chi connectivity index (χ1n) is 6.79. The lowest BCUT2D eigenvalue weighted by molar-refractivity contribution is -0.119. The number of benzene rings is 1. The Hall–Kier alpha value is -2.09. The van der Waals surface area contributed by atoms with Gasteiger partial charge in [0, 0.05) is 13.0 Å². The summed E-state index contributed by atoms with van der Waals surface area (Å²) in [4.78, 5) is 22.8. The molecule has 2 N–H and O–H groups in total. The van der Waals surface area contributed by atoms with Gasteiger partial charge >= 0.3 is 6.09 Å². The van der Waals surface area contributed by atoms with Crippen LogP contribution in [0.4, 0.5) is 4.79 Å². The molecule has 0 radical (unpaired) electrons. The van der Waals surface area contributed by atoms with Gasteiger partial charge in [0.15, 0.2) is 0 Å². The SMILES string of the molecule is CCOC(=O)NCCC(=O)NS(=O)(=O)c1cc(C)ccc1C. The molecule has 0 atom stereocenters. The number of sulfonamides is 1. The molecule has 0 bridgehead atoms. The first kappa shape index (κ1) is 18.0. The maximum absolute atomic E-state index is 12.2. The highest BCUT2D eigenvalue weighted by Crippen LogP contribution is 2.16. The van der Waals surface area contributed by atoms with Crippen LogP contribution in [0.15, 0.2) is 23.1 Å². The fourth-order valence-electron chi connectivity index (χ4n) is 1.71. The number of nitrogens with one attached hydrogen (secondary N) is 2. The summed E-state index contributed by atoms with van der Waals surface area (Å²) < 4.78 is 31.0. The van der Waals surface area contributed by atoms with Crippen LogP contribution in [0, 0.1) is 13.8 Å². The molecule has 0 aliphatic rings. The van der Waals surface area contributed by atoms with E-state index in [0.29, 0.717) is 5.56 Å². The van der Waals surface area contributed by atoms with Gasteiger partial charge in [-0.05, 0) is 38.0 Å². The highest BCUT2D eigenvalue weighted by Gasteiger charge is 2.19. The predicted molar refractivity (Wildman–Crippen MR) is 80.9 cm³/mol. The minimum atomic E-state index is -3.92. The zero-order valence-electron chi connectivity index (χ0n) is 12.8. The number of hydrogen-bond acceptors (Lipinski definition) is 5. The molecule has 0 aromatic heterocycles. The number of aryl methyl sites for hydroxylation is 2. The minimum absolute atomic E-state index is 0.00696. The number of hydrogen-bond donors (Lipinski definition) is 2. The van der Waals surface area contributed by atoms with E-state index in [1.54, 1.807) is 32.9 Å². The molecular weight excluding hydrogens is 308 g/mol. The van der Waals surface area contributed by atoms with Crippen LogP contribution in [-0.2, 0) is 19.6 Å². The number of amides is 2. The lowest BCUT2D eigenvalue weighted by Gasteiger charge is -2.10. The summed E-state index contributed by atoms with van der Waals surface area (Å²) in [7, 11) is -3.92. The first-order valence-corrected chi connectivity index (χ1v) is 8.28. The molecule has 0 unspecified atom stereocenters. The van der Waals surface area contributed by atoms with Gasteiger partial charge in [-0.2, -0.15) is 0 Å². The fourth-order valence-corrected chi connectivity index (χ4v) is 3.06. The van der Waals surface area contributed by atoms with E-state index in [9.17, 15) is 18.0 Å². The molecule has 0 heterocycles. The number of ether oxygens (including phenoxy) is 1. The van der Waals surface area contributed by atoms with Crippen molar-refractivity contribution in [2.45, 2.75) is 32.1 Å². The van der Waals surface area contributed by atoms with Crippen molar-refractivity contribution < 1.29 is 22.7 Å². The maximum Gasteiger partial charge on any atom is 0.407 e. The van der Waals surface area contributed by atoms with E-state index in [2.05, 4.69) is 10.1 Å². The Morgan fingerprint density at radius 3 is 2.55 bits per heavy atom. The summed E-state index contributed by atoms with van der Waals surface area (Å²) in [6.45, 7) is 5.29. The Bertz CT molecular complexity index is 655. The van der Waals surface area contributed by atoms with E-state index in [1.165, 1.54) is 6.07 Å². The second-order valence-electron chi connectivity index (χ2n) is 4.69. The predicted octanol–water partition coefficient (Wildman–Crippen LogP) is 1.24. The molecular formula is C14H20N2O5S. The molecule has 122 valence electrons. The van der Waals surface area contributed by atoms with E-state index in [1.807, 2.05) is 4.72 Å². The minimum Gasteiger partial charge on any atom is -0.450 e. The molecule has 2 amide bonds. The van der Waals surface area contributed by atoms with Gasteiger partial charge < -0.3 is 10.1 Å². The fraction of sp³-hybridized carbons (Fsp3) is 0.429. The van der Waals surface area contributed by atoms with Crippen LogP contribution in [0.3, 0.4) is 0 Å². The smallest absolute Gasteiger partial charge is 0.407 e. The Morgan fingerprint density at radius 2 is 1.91 bits per heavy atom. The van der Waals surface area contributed by atoms with Crippen molar-refractivity contribution in [3.63, 3.8) is 0 Å². The van der Waals surface area contributed by atoms with Gasteiger partial charge in [-0.1, -0.05) is 12.1 Å². The molecule has 7 nitrogen and oxygen atoms in total. The summed E-state index contributed by atoms with van der Waals surface area (Å²) in [5.41, 5.74) is 1.33. The average Bonchev–Trinajstić information content (AvgIpc) is 2.41. The topological polar surface area (TPSA) is 102 Å². The second kappa shape index (κ2) is 7.79. The van der Waals surface area contributed by atoms with Crippen molar-refractivity contribution >= 4 is 22.0 Å². The maximum atomic E-state index is 12.2. The van der Waals surface area contributed by atoms with Gasteiger partial charge in [-0.3, -0.25) is 4.79 Å². The Kier molecular flexibility index (Phi) is 6.36. The van der Waals surface area contributed by atoms with Crippen molar-refractivity contribution in [2.75, 3.05) is 13.2 Å². The van der Waals surface area contributed by atoms with Gasteiger partial charge in [-0.15, -0.1) is 0 Å². The summed E-state index contributed by atoms with van der Waals surface area (Å²) in [5.74, 6) is -0.697. The molecule has 0 aliphatic heterocycles. The summed E-state index contributed by atoms with van der Waals surface area (Å²) >= 11 is 0. The van der Waals surface area contributed by atoms with Crippen molar-refractivity contribution in [1.29, 1.82) is 0 Å². The lowest BCUT2D eigenvalue weighted by atomic mass is 10.2. The van der Waals surface area contributed by atoms with Crippen molar-refractivity contribution in [3.05, 3.63) is 29.3 Å². The highest BCUT2D eigenvalue weighted by atomic mass is 32.2. The zero-order valence-corrected chi connectivity index (χ0v) is 13.6. The summed E-state index contributed by atoms with van der Waals surface area (Å²) in [6.07, 6.45) is -0.809. The van der Waals surface area contributed by atoms with Gasteiger partial charge in [0.1, 0.15) is 0 Å². The van der Waals surface area contributed by atoms with E-state index in [-0.39, 0.29) is 24.5 Å². The third-order valence-electron chi connectivity index (χ3n) is 2.78. The van der Waals surface area contributed by atoms with E-state index in [0.717, 1.165) is 5.56 Å². The molecule has 1 aromatic carbocycles. The normalized spacial score (nSPS) is 10.9. The lowest BCUT2D eigenvalue weighted by Crippen LogP contribution is -2.34. The van der Waals surface area contributed by atoms with Crippen LogP contribution in [0.5, 0.6) is 0 Å². The molecule has 1 rings (SSSR count). The first-order chi connectivity index (χ1) is 10.3. The molecule has 0 spiro atoms.